The number of nitrogens with one attached hydrogen (secondary N) is 2. The van der Waals surface area contributed by atoms with Gasteiger partial charge in [0.05, 0.1) is 16.1 Å². The molecule has 0 aliphatic heterocycles. The van der Waals surface area contributed by atoms with Gasteiger partial charge in [-0.3, -0.25) is 10.1 Å². The molecule has 0 radical (unpaired) electrons. The minimum atomic E-state index is -1.05. The summed E-state index contributed by atoms with van der Waals surface area (Å²) in [6.45, 7) is 0. The molecule has 0 bridgehead atoms. The first kappa shape index (κ1) is 17.4. The van der Waals surface area contributed by atoms with Crippen LogP contribution in [0.3, 0.4) is 0 Å². The standard InChI is InChI=1S/C15H10BrClN2O3S/c16-9-4-5-12(17)11(7-9)13(20)19-15(23)18-10-3-1-2-8(6-10)14(21)22/h1-7H,(H,21,22)(H2,18,19,20,23). The number of aromatic carboxylic acids is 1. The van der Waals surface area contributed by atoms with Crippen LogP contribution >= 0.6 is 39.7 Å². The fraction of sp³-hybridized carbons (Fsp3) is 0. The van der Waals surface area contributed by atoms with Crippen LogP contribution < -0.4 is 10.6 Å². The fourth-order valence-electron chi connectivity index (χ4n) is 1.73. The number of thiocarbonyl (C=S) groups is 1. The Bertz CT molecular complexity index is 798. The summed E-state index contributed by atoms with van der Waals surface area (Å²) in [6.07, 6.45) is 0. The topological polar surface area (TPSA) is 78.4 Å². The number of hydrogen-bond donors (Lipinski definition) is 3. The molecule has 5 nitrogen and oxygen atoms in total. The van der Waals surface area contributed by atoms with Gasteiger partial charge in [-0.05, 0) is 48.6 Å². The smallest absolute Gasteiger partial charge is 0.335 e. The van der Waals surface area contributed by atoms with Gasteiger partial charge in [0.25, 0.3) is 5.91 Å². The number of carbonyl (C=O) groups excluding carboxylic acids is 1. The van der Waals surface area contributed by atoms with Gasteiger partial charge in [-0.1, -0.05) is 33.6 Å². The first-order valence-corrected chi connectivity index (χ1v) is 7.85. The van der Waals surface area contributed by atoms with Gasteiger partial charge in [-0.2, -0.15) is 0 Å². The fourth-order valence-corrected chi connectivity index (χ4v) is 2.51. The third-order valence-electron chi connectivity index (χ3n) is 2.77. The zero-order chi connectivity index (χ0) is 17.0. The monoisotopic (exact) mass is 412 g/mol. The molecule has 2 rings (SSSR count). The van der Waals surface area contributed by atoms with Crippen LogP contribution in [-0.4, -0.2) is 22.1 Å². The summed E-state index contributed by atoms with van der Waals surface area (Å²) in [5.41, 5.74) is 0.833. The van der Waals surface area contributed by atoms with Gasteiger partial charge in [0, 0.05) is 10.2 Å². The molecule has 0 atom stereocenters. The molecule has 0 spiro atoms. The number of anilines is 1. The second-order valence-corrected chi connectivity index (χ2v) is 6.15. The van der Waals surface area contributed by atoms with Crippen molar-refractivity contribution in [1.82, 2.24) is 5.32 Å². The summed E-state index contributed by atoms with van der Waals surface area (Å²) in [4.78, 5) is 23.1. The lowest BCUT2D eigenvalue weighted by Crippen LogP contribution is -2.34. The van der Waals surface area contributed by atoms with E-state index in [2.05, 4.69) is 26.6 Å². The van der Waals surface area contributed by atoms with E-state index in [0.29, 0.717) is 15.2 Å². The van der Waals surface area contributed by atoms with Gasteiger partial charge >= 0.3 is 5.97 Å². The van der Waals surface area contributed by atoms with Crippen LogP contribution in [-0.2, 0) is 0 Å². The predicted octanol–water partition coefficient (Wildman–Crippen LogP) is 3.93. The van der Waals surface area contributed by atoms with Crippen LogP contribution in [0.15, 0.2) is 46.9 Å². The summed E-state index contributed by atoms with van der Waals surface area (Å²) in [5.74, 6) is -1.52. The van der Waals surface area contributed by atoms with Crippen molar-refractivity contribution in [2.24, 2.45) is 0 Å². The third-order valence-corrected chi connectivity index (χ3v) is 3.79. The van der Waals surface area contributed by atoms with Crippen LogP contribution in [0, 0.1) is 0 Å². The maximum atomic E-state index is 12.2. The number of amides is 1. The summed E-state index contributed by atoms with van der Waals surface area (Å²) < 4.78 is 0.708. The van der Waals surface area contributed by atoms with E-state index >= 15 is 0 Å². The molecule has 0 heterocycles. The minimum Gasteiger partial charge on any atom is -0.478 e. The van der Waals surface area contributed by atoms with Gasteiger partial charge in [0.1, 0.15) is 0 Å². The quantitative estimate of drug-likeness (QED) is 0.665. The highest BCUT2D eigenvalue weighted by Gasteiger charge is 2.13. The van der Waals surface area contributed by atoms with Crippen LogP contribution in [0.2, 0.25) is 5.02 Å². The highest BCUT2D eigenvalue weighted by Crippen LogP contribution is 2.21. The third kappa shape index (κ3) is 4.75. The van der Waals surface area contributed by atoms with Crippen LogP contribution in [0.25, 0.3) is 0 Å². The highest BCUT2D eigenvalue weighted by atomic mass is 79.9. The summed E-state index contributed by atoms with van der Waals surface area (Å²) in [7, 11) is 0. The highest BCUT2D eigenvalue weighted by molar-refractivity contribution is 9.10. The summed E-state index contributed by atoms with van der Waals surface area (Å²) >= 11 is 14.3. The molecular weight excluding hydrogens is 404 g/mol. The van der Waals surface area contributed by atoms with Crippen molar-refractivity contribution in [2.45, 2.75) is 0 Å². The van der Waals surface area contributed by atoms with Gasteiger partial charge in [0.15, 0.2) is 5.11 Å². The SMILES string of the molecule is O=C(O)c1cccc(NC(=S)NC(=O)c2cc(Br)ccc2Cl)c1. The van der Waals surface area contributed by atoms with E-state index < -0.39 is 11.9 Å². The van der Waals surface area contributed by atoms with E-state index in [1.54, 1.807) is 30.3 Å². The van der Waals surface area contributed by atoms with Gasteiger partial charge < -0.3 is 10.4 Å². The van der Waals surface area contributed by atoms with Crippen molar-refractivity contribution in [2.75, 3.05) is 5.32 Å². The average Bonchev–Trinajstić information content (AvgIpc) is 2.49. The Hall–Kier alpha value is -1.96. The Morgan fingerprint density at radius 2 is 1.91 bits per heavy atom. The number of carboxylic acids is 1. The van der Waals surface area contributed by atoms with Gasteiger partial charge in [0.2, 0.25) is 0 Å². The molecule has 0 aliphatic rings. The first-order chi connectivity index (χ1) is 10.9. The number of hydrogen-bond acceptors (Lipinski definition) is 3. The number of halogens is 2. The first-order valence-electron chi connectivity index (χ1n) is 6.27. The zero-order valence-electron chi connectivity index (χ0n) is 11.5. The van der Waals surface area contributed by atoms with Crippen molar-refractivity contribution in [3.05, 3.63) is 63.1 Å². The normalized spacial score (nSPS) is 10.0. The molecule has 2 aromatic carbocycles. The van der Waals surface area contributed by atoms with Crippen molar-refractivity contribution in [1.29, 1.82) is 0 Å². The molecule has 118 valence electrons. The molecule has 23 heavy (non-hydrogen) atoms. The molecule has 0 fully saturated rings. The molecular formula is C15H10BrClN2O3S. The second-order valence-electron chi connectivity index (χ2n) is 4.42. The molecule has 1 amide bonds. The Labute approximate surface area is 150 Å². The maximum Gasteiger partial charge on any atom is 0.335 e. The van der Waals surface area contributed by atoms with E-state index in [1.807, 2.05) is 0 Å². The number of carboxylic acid groups (broad SMARTS) is 1. The Kier molecular flexibility index (Phi) is 5.70. The van der Waals surface area contributed by atoms with Gasteiger partial charge in [-0.15, -0.1) is 0 Å². The Morgan fingerprint density at radius 3 is 2.61 bits per heavy atom. The summed E-state index contributed by atoms with van der Waals surface area (Å²) in [6, 6.07) is 11.0. The largest absolute Gasteiger partial charge is 0.478 e. The van der Waals surface area contributed by atoms with E-state index in [-0.39, 0.29) is 16.2 Å². The van der Waals surface area contributed by atoms with E-state index in [0.717, 1.165) is 0 Å². The average molecular weight is 414 g/mol. The maximum absolute atomic E-state index is 12.2. The molecule has 3 N–H and O–H groups in total. The number of rotatable bonds is 3. The van der Waals surface area contributed by atoms with Crippen molar-refractivity contribution >= 4 is 62.4 Å². The molecule has 0 aliphatic carbocycles. The van der Waals surface area contributed by atoms with Crippen molar-refractivity contribution < 1.29 is 14.7 Å². The van der Waals surface area contributed by atoms with Crippen LogP contribution in [0.1, 0.15) is 20.7 Å². The Morgan fingerprint density at radius 1 is 1.17 bits per heavy atom. The van der Waals surface area contributed by atoms with E-state index in [4.69, 9.17) is 28.9 Å². The van der Waals surface area contributed by atoms with Crippen molar-refractivity contribution in [3.8, 4) is 0 Å². The minimum absolute atomic E-state index is 0.0357. The molecule has 2 aromatic rings. The summed E-state index contributed by atoms with van der Waals surface area (Å²) in [5, 5.41) is 14.5. The number of carbonyl (C=O) groups is 2. The molecule has 0 saturated carbocycles. The van der Waals surface area contributed by atoms with Gasteiger partial charge in [-0.25, -0.2) is 4.79 Å². The lowest BCUT2D eigenvalue weighted by molar-refractivity contribution is 0.0696. The van der Waals surface area contributed by atoms with Crippen LogP contribution in [0.5, 0.6) is 0 Å². The van der Waals surface area contributed by atoms with Crippen LogP contribution in [0.4, 0.5) is 5.69 Å². The van der Waals surface area contributed by atoms with Crippen molar-refractivity contribution in [3.63, 3.8) is 0 Å². The van der Waals surface area contributed by atoms with E-state index in [1.165, 1.54) is 12.1 Å². The molecule has 8 heteroatoms. The van der Waals surface area contributed by atoms with E-state index in [9.17, 15) is 9.59 Å². The lowest BCUT2D eigenvalue weighted by Gasteiger charge is -2.11. The lowest BCUT2D eigenvalue weighted by atomic mass is 10.2. The number of benzene rings is 2. The zero-order valence-corrected chi connectivity index (χ0v) is 14.6. The Balaban J connectivity index is 2.07. The molecule has 0 aromatic heterocycles. The second kappa shape index (κ2) is 7.54. The molecule has 0 unspecified atom stereocenters. The predicted molar refractivity (Wildman–Crippen MR) is 96.2 cm³/mol. The molecule has 0 saturated heterocycles.